The number of rotatable bonds is 5. The second-order valence-electron chi connectivity index (χ2n) is 4.95. The van der Waals surface area contributed by atoms with E-state index in [4.69, 9.17) is 67.5 Å². The predicted octanol–water partition coefficient (Wildman–Crippen LogP) is 6.66. The zero-order valence-corrected chi connectivity index (χ0v) is 16.7. The van der Waals surface area contributed by atoms with Gasteiger partial charge in [-0.2, -0.15) is 0 Å². The zero-order valence-electron chi connectivity index (χ0n) is 12.9. The molecule has 134 valence electrons. The van der Waals surface area contributed by atoms with Crippen molar-refractivity contribution in [1.29, 1.82) is 0 Å². The fourth-order valence-corrected chi connectivity index (χ4v) is 3.05. The highest BCUT2D eigenvalue weighted by Gasteiger charge is 2.38. The van der Waals surface area contributed by atoms with Gasteiger partial charge in [0.05, 0.1) is 17.2 Å². The van der Waals surface area contributed by atoms with Gasteiger partial charge in [0.2, 0.25) is 3.79 Å². The molecule has 0 saturated heterocycles. The summed E-state index contributed by atoms with van der Waals surface area (Å²) < 4.78 is 8.90. The van der Waals surface area contributed by atoms with Gasteiger partial charge in [-0.05, 0) is 42.8 Å². The molecular formula is C17H13Cl5O3. The number of halogens is 5. The van der Waals surface area contributed by atoms with E-state index in [0.29, 0.717) is 22.9 Å². The number of alkyl halides is 3. The maximum Gasteiger partial charge on any atom is 0.340 e. The smallest absolute Gasteiger partial charge is 0.340 e. The SMILES string of the molecule is CCOc1ccc([C@H](OC(=O)c2ccc(Cl)cc2Cl)C(Cl)(Cl)Cl)cc1. The molecule has 0 saturated carbocycles. The third kappa shape index (κ3) is 5.57. The highest BCUT2D eigenvalue weighted by Crippen LogP contribution is 2.43. The van der Waals surface area contributed by atoms with Crippen LogP contribution in [0.15, 0.2) is 42.5 Å². The van der Waals surface area contributed by atoms with Gasteiger partial charge in [-0.15, -0.1) is 0 Å². The molecule has 0 radical (unpaired) electrons. The van der Waals surface area contributed by atoms with Crippen LogP contribution in [0.3, 0.4) is 0 Å². The Labute approximate surface area is 170 Å². The molecule has 0 bridgehead atoms. The summed E-state index contributed by atoms with van der Waals surface area (Å²) in [5, 5.41) is 0.540. The fourth-order valence-electron chi connectivity index (χ4n) is 2.05. The molecule has 0 aromatic heterocycles. The molecule has 0 aliphatic carbocycles. The largest absolute Gasteiger partial charge is 0.494 e. The maximum atomic E-state index is 12.4. The van der Waals surface area contributed by atoms with Gasteiger partial charge >= 0.3 is 5.97 Å². The van der Waals surface area contributed by atoms with E-state index in [-0.39, 0.29) is 10.6 Å². The van der Waals surface area contributed by atoms with Crippen LogP contribution in [0.4, 0.5) is 0 Å². The van der Waals surface area contributed by atoms with Crippen LogP contribution < -0.4 is 4.74 Å². The maximum absolute atomic E-state index is 12.4. The lowest BCUT2D eigenvalue weighted by Gasteiger charge is -2.25. The topological polar surface area (TPSA) is 35.5 Å². The Balaban J connectivity index is 2.27. The van der Waals surface area contributed by atoms with Gasteiger partial charge in [0.1, 0.15) is 5.75 Å². The van der Waals surface area contributed by atoms with Crippen LogP contribution in [-0.2, 0) is 4.74 Å². The van der Waals surface area contributed by atoms with Gasteiger partial charge in [-0.25, -0.2) is 4.79 Å². The quantitative estimate of drug-likeness (QED) is 0.384. The molecule has 0 heterocycles. The highest BCUT2D eigenvalue weighted by molar-refractivity contribution is 6.68. The molecule has 0 spiro atoms. The molecule has 0 unspecified atom stereocenters. The Bertz CT molecular complexity index is 741. The monoisotopic (exact) mass is 440 g/mol. The number of hydrogen-bond acceptors (Lipinski definition) is 3. The summed E-state index contributed by atoms with van der Waals surface area (Å²) in [7, 11) is 0. The molecule has 0 amide bonds. The summed E-state index contributed by atoms with van der Waals surface area (Å²) in [6, 6.07) is 11.1. The minimum absolute atomic E-state index is 0.122. The summed E-state index contributed by atoms with van der Waals surface area (Å²) in [4.78, 5) is 12.4. The van der Waals surface area contributed by atoms with Gasteiger partial charge in [0, 0.05) is 5.02 Å². The Morgan fingerprint density at radius 1 is 1.08 bits per heavy atom. The van der Waals surface area contributed by atoms with Crippen LogP contribution in [0.5, 0.6) is 5.75 Å². The highest BCUT2D eigenvalue weighted by atomic mass is 35.6. The van der Waals surface area contributed by atoms with Crippen molar-refractivity contribution in [3.05, 3.63) is 63.6 Å². The molecule has 3 nitrogen and oxygen atoms in total. The van der Waals surface area contributed by atoms with Gasteiger partial charge in [0.25, 0.3) is 0 Å². The number of benzene rings is 2. The number of esters is 1. The van der Waals surface area contributed by atoms with Crippen molar-refractivity contribution in [2.75, 3.05) is 6.61 Å². The Morgan fingerprint density at radius 2 is 1.72 bits per heavy atom. The summed E-state index contributed by atoms with van der Waals surface area (Å²) in [6.45, 7) is 2.40. The van der Waals surface area contributed by atoms with Crippen LogP contribution in [0, 0.1) is 0 Å². The van der Waals surface area contributed by atoms with Crippen LogP contribution in [0.25, 0.3) is 0 Å². The van der Waals surface area contributed by atoms with E-state index in [0.717, 1.165) is 0 Å². The first-order valence-electron chi connectivity index (χ1n) is 7.18. The van der Waals surface area contributed by atoms with Gasteiger partial charge in [-0.3, -0.25) is 0 Å². The third-order valence-corrected chi connectivity index (χ3v) is 4.31. The summed E-state index contributed by atoms with van der Waals surface area (Å²) >= 11 is 29.8. The van der Waals surface area contributed by atoms with Gasteiger partial charge < -0.3 is 9.47 Å². The lowest BCUT2D eigenvalue weighted by molar-refractivity contribution is 0.0305. The molecular weight excluding hydrogens is 429 g/mol. The van der Waals surface area contributed by atoms with E-state index in [2.05, 4.69) is 0 Å². The summed E-state index contributed by atoms with van der Waals surface area (Å²) in [6.07, 6.45) is -1.13. The Hall–Kier alpha value is -0.840. The average Bonchev–Trinajstić information content (AvgIpc) is 2.52. The lowest BCUT2D eigenvalue weighted by atomic mass is 10.1. The minimum Gasteiger partial charge on any atom is -0.494 e. The molecule has 0 fully saturated rings. The zero-order chi connectivity index (χ0) is 18.6. The molecule has 2 aromatic carbocycles. The number of carbonyl (C=O) groups is 1. The number of carbonyl (C=O) groups excluding carboxylic acids is 1. The van der Waals surface area contributed by atoms with Crippen LogP contribution in [-0.4, -0.2) is 16.4 Å². The van der Waals surface area contributed by atoms with Crippen molar-refractivity contribution >= 4 is 64.0 Å². The van der Waals surface area contributed by atoms with Crippen molar-refractivity contribution in [1.82, 2.24) is 0 Å². The third-order valence-electron chi connectivity index (χ3n) is 3.17. The second kappa shape index (κ2) is 8.70. The molecule has 2 rings (SSSR count). The van der Waals surface area contributed by atoms with Crippen molar-refractivity contribution in [3.63, 3.8) is 0 Å². The normalized spacial score (nSPS) is 12.6. The Kier molecular flexibility index (Phi) is 7.12. The van der Waals surface area contributed by atoms with E-state index in [1.807, 2.05) is 6.92 Å². The van der Waals surface area contributed by atoms with E-state index >= 15 is 0 Å². The predicted molar refractivity (Wildman–Crippen MR) is 103 cm³/mol. The standard InChI is InChI=1S/C17H13Cl5O3/c1-2-24-12-6-3-10(4-7-12)15(17(20,21)22)25-16(23)13-8-5-11(18)9-14(13)19/h3-9,15H,2H2,1H3/t15-/m0/s1. The van der Waals surface area contributed by atoms with E-state index in [1.54, 1.807) is 24.3 Å². The van der Waals surface area contributed by atoms with Crippen LogP contribution >= 0.6 is 58.0 Å². The summed E-state index contributed by atoms with van der Waals surface area (Å²) in [5.74, 6) is -0.0757. The van der Waals surface area contributed by atoms with Gasteiger partial charge in [-0.1, -0.05) is 70.1 Å². The first-order chi connectivity index (χ1) is 11.7. The van der Waals surface area contributed by atoms with E-state index in [1.165, 1.54) is 18.2 Å². The van der Waals surface area contributed by atoms with Crippen molar-refractivity contribution < 1.29 is 14.3 Å². The average molecular weight is 443 g/mol. The fraction of sp³-hybridized carbons (Fsp3) is 0.235. The molecule has 2 aromatic rings. The lowest BCUT2D eigenvalue weighted by Crippen LogP contribution is -2.23. The molecule has 1 atom stereocenters. The van der Waals surface area contributed by atoms with Crippen LogP contribution in [0.2, 0.25) is 10.0 Å². The molecule has 0 aliphatic heterocycles. The van der Waals surface area contributed by atoms with E-state index in [9.17, 15) is 4.79 Å². The Morgan fingerprint density at radius 3 is 2.24 bits per heavy atom. The minimum atomic E-state index is -1.87. The van der Waals surface area contributed by atoms with Gasteiger partial charge in [0.15, 0.2) is 6.10 Å². The molecule has 25 heavy (non-hydrogen) atoms. The molecule has 8 heteroatoms. The van der Waals surface area contributed by atoms with Crippen molar-refractivity contribution in [2.45, 2.75) is 16.8 Å². The number of hydrogen-bond donors (Lipinski definition) is 0. The van der Waals surface area contributed by atoms with Crippen molar-refractivity contribution in [2.24, 2.45) is 0 Å². The molecule has 0 aliphatic rings. The molecule has 0 N–H and O–H groups in total. The first kappa shape index (κ1) is 20.5. The second-order valence-corrected chi connectivity index (χ2v) is 8.17. The van der Waals surface area contributed by atoms with E-state index < -0.39 is 15.9 Å². The van der Waals surface area contributed by atoms with Crippen molar-refractivity contribution in [3.8, 4) is 5.75 Å². The summed E-state index contributed by atoms with van der Waals surface area (Å²) in [5.41, 5.74) is 0.623. The first-order valence-corrected chi connectivity index (χ1v) is 9.07. The number of ether oxygens (including phenoxy) is 2. The van der Waals surface area contributed by atoms with Crippen LogP contribution in [0.1, 0.15) is 28.9 Å².